The molecular formula is C22H23N5O4. The first kappa shape index (κ1) is 20.4. The number of hydrogen-bond acceptors (Lipinski definition) is 6. The smallest absolute Gasteiger partial charge is 0.278 e. The summed E-state index contributed by atoms with van der Waals surface area (Å²) in [6.45, 7) is 6.52. The number of nitrogens with zero attached hydrogens (tertiary/aromatic N) is 3. The molecule has 1 aliphatic heterocycles. The third-order valence-electron chi connectivity index (χ3n) is 5.17. The van der Waals surface area contributed by atoms with E-state index in [1.807, 2.05) is 32.0 Å². The molecule has 0 aliphatic carbocycles. The molecule has 1 aromatic heterocycles. The molecule has 0 unspecified atom stereocenters. The average molecular weight is 421 g/mol. The summed E-state index contributed by atoms with van der Waals surface area (Å²) in [5.74, 6) is 0.568. The highest BCUT2D eigenvalue weighted by atomic mass is 16.6. The number of aryl methyl sites for hydroxylation is 1. The summed E-state index contributed by atoms with van der Waals surface area (Å²) >= 11 is 0. The summed E-state index contributed by atoms with van der Waals surface area (Å²) in [7, 11) is 0. The minimum absolute atomic E-state index is 0.0793. The van der Waals surface area contributed by atoms with Gasteiger partial charge in [0.15, 0.2) is 17.2 Å². The van der Waals surface area contributed by atoms with Gasteiger partial charge in [0, 0.05) is 17.4 Å². The molecule has 9 heteroatoms. The Hall–Kier alpha value is -3.88. The van der Waals surface area contributed by atoms with Crippen molar-refractivity contribution in [2.75, 3.05) is 23.8 Å². The van der Waals surface area contributed by atoms with Crippen LogP contribution in [0.5, 0.6) is 11.5 Å². The van der Waals surface area contributed by atoms with Gasteiger partial charge in [-0.2, -0.15) is 0 Å². The van der Waals surface area contributed by atoms with Gasteiger partial charge in [0.25, 0.3) is 5.91 Å². The van der Waals surface area contributed by atoms with Crippen molar-refractivity contribution in [1.82, 2.24) is 15.0 Å². The van der Waals surface area contributed by atoms with Crippen LogP contribution >= 0.6 is 0 Å². The van der Waals surface area contributed by atoms with Crippen molar-refractivity contribution in [3.63, 3.8) is 0 Å². The molecule has 3 aromatic rings. The second-order valence-electron chi connectivity index (χ2n) is 7.29. The van der Waals surface area contributed by atoms with Crippen LogP contribution in [-0.4, -0.2) is 40.0 Å². The molecular weight excluding hydrogens is 398 g/mol. The predicted octanol–water partition coefficient (Wildman–Crippen LogP) is 2.87. The van der Waals surface area contributed by atoms with E-state index in [0.717, 1.165) is 16.8 Å². The fourth-order valence-corrected chi connectivity index (χ4v) is 3.25. The van der Waals surface area contributed by atoms with Crippen LogP contribution < -0.4 is 20.1 Å². The van der Waals surface area contributed by atoms with Crippen molar-refractivity contribution in [2.24, 2.45) is 0 Å². The highest BCUT2D eigenvalue weighted by Crippen LogP contribution is 2.32. The van der Waals surface area contributed by atoms with E-state index in [9.17, 15) is 9.59 Å². The van der Waals surface area contributed by atoms with E-state index in [4.69, 9.17) is 9.47 Å². The number of hydrogen-bond donors (Lipinski definition) is 2. The van der Waals surface area contributed by atoms with E-state index < -0.39 is 0 Å². The van der Waals surface area contributed by atoms with E-state index in [-0.39, 0.29) is 24.1 Å². The minimum atomic E-state index is -0.371. The summed E-state index contributed by atoms with van der Waals surface area (Å²) in [4.78, 5) is 25.2. The number of anilines is 2. The van der Waals surface area contributed by atoms with E-state index in [1.165, 1.54) is 4.68 Å². The number of amides is 2. The Morgan fingerprint density at radius 2 is 1.81 bits per heavy atom. The maximum atomic E-state index is 12.7. The maximum absolute atomic E-state index is 12.7. The third kappa shape index (κ3) is 4.35. The van der Waals surface area contributed by atoms with Crippen LogP contribution in [0.2, 0.25) is 0 Å². The molecule has 2 aromatic carbocycles. The van der Waals surface area contributed by atoms with Crippen molar-refractivity contribution in [3.8, 4) is 11.5 Å². The Labute approximate surface area is 179 Å². The van der Waals surface area contributed by atoms with Crippen molar-refractivity contribution in [1.29, 1.82) is 0 Å². The van der Waals surface area contributed by atoms with Crippen LogP contribution in [0.3, 0.4) is 0 Å². The lowest BCUT2D eigenvalue weighted by molar-refractivity contribution is -0.117. The minimum Gasteiger partial charge on any atom is -0.486 e. The van der Waals surface area contributed by atoms with Crippen molar-refractivity contribution in [3.05, 3.63) is 58.9 Å². The quantitative estimate of drug-likeness (QED) is 0.656. The van der Waals surface area contributed by atoms with Gasteiger partial charge >= 0.3 is 0 Å². The zero-order valence-electron chi connectivity index (χ0n) is 17.6. The van der Waals surface area contributed by atoms with Crippen LogP contribution in [0.15, 0.2) is 36.4 Å². The number of fused-ring (bicyclic) bond motifs is 1. The van der Waals surface area contributed by atoms with Crippen LogP contribution in [0.25, 0.3) is 0 Å². The Kier molecular flexibility index (Phi) is 5.57. The van der Waals surface area contributed by atoms with Crippen LogP contribution in [0.1, 0.15) is 27.3 Å². The number of nitrogens with one attached hydrogen (secondary N) is 2. The highest BCUT2D eigenvalue weighted by molar-refractivity contribution is 6.04. The Balaban J connectivity index is 1.42. The Morgan fingerprint density at radius 3 is 2.61 bits per heavy atom. The second kappa shape index (κ2) is 8.47. The maximum Gasteiger partial charge on any atom is 0.278 e. The Bertz CT molecular complexity index is 1150. The molecule has 0 saturated heterocycles. The normalized spacial score (nSPS) is 12.4. The van der Waals surface area contributed by atoms with Gasteiger partial charge in [-0.3, -0.25) is 9.59 Å². The summed E-state index contributed by atoms with van der Waals surface area (Å²) in [6, 6.07) is 10.9. The molecule has 0 radical (unpaired) electrons. The molecule has 31 heavy (non-hydrogen) atoms. The SMILES string of the molecule is Cc1cccc(NC(=O)c2nnn(CC(=O)Nc3ccc4c(c3)OCCO4)c2C)c1C. The molecule has 2 heterocycles. The van der Waals surface area contributed by atoms with E-state index in [1.54, 1.807) is 25.1 Å². The van der Waals surface area contributed by atoms with Gasteiger partial charge in [0.1, 0.15) is 19.8 Å². The van der Waals surface area contributed by atoms with Gasteiger partial charge < -0.3 is 20.1 Å². The van der Waals surface area contributed by atoms with E-state index in [2.05, 4.69) is 20.9 Å². The first-order chi connectivity index (χ1) is 14.9. The molecule has 0 spiro atoms. The Morgan fingerprint density at radius 1 is 1.03 bits per heavy atom. The molecule has 2 N–H and O–H groups in total. The number of ether oxygens (including phenoxy) is 2. The summed E-state index contributed by atoms with van der Waals surface area (Å²) in [5, 5.41) is 13.6. The van der Waals surface area contributed by atoms with Crippen LogP contribution in [0, 0.1) is 20.8 Å². The first-order valence-electron chi connectivity index (χ1n) is 9.89. The van der Waals surface area contributed by atoms with Crippen molar-refractivity contribution < 1.29 is 19.1 Å². The first-order valence-corrected chi connectivity index (χ1v) is 9.89. The lowest BCUT2D eigenvalue weighted by atomic mass is 10.1. The molecule has 9 nitrogen and oxygen atoms in total. The number of carbonyl (C=O) groups is 2. The summed E-state index contributed by atoms with van der Waals surface area (Å²) in [5.41, 5.74) is 4.04. The van der Waals surface area contributed by atoms with Gasteiger partial charge in [0.2, 0.25) is 5.91 Å². The lowest BCUT2D eigenvalue weighted by Gasteiger charge is -2.19. The van der Waals surface area contributed by atoms with Gasteiger partial charge in [-0.05, 0) is 50.1 Å². The third-order valence-corrected chi connectivity index (χ3v) is 5.17. The number of benzene rings is 2. The molecule has 2 amide bonds. The van der Waals surface area contributed by atoms with Crippen molar-refractivity contribution >= 4 is 23.2 Å². The zero-order chi connectivity index (χ0) is 22.0. The molecule has 1 aliphatic rings. The zero-order valence-corrected chi connectivity index (χ0v) is 17.6. The molecule has 0 bridgehead atoms. The molecule has 160 valence electrons. The van der Waals surface area contributed by atoms with Gasteiger partial charge in [0.05, 0.1) is 5.69 Å². The van der Waals surface area contributed by atoms with Gasteiger partial charge in [-0.15, -0.1) is 5.10 Å². The number of rotatable bonds is 5. The molecule has 0 atom stereocenters. The second-order valence-corrected chi connectivity index (χ2v) is 7.29. The monoisotopic (exact) mass is 421 g/mol. The fraction of sp³-hybridized carbons (Fsp3) is 0.273. The van der Waals surface area contributed by atoms with E-state index in [0.29, 0.717) is 36.1 Å². The summed E-state index contributed by atoms with van der Waals surface area (Å²) < 4.78 is 12.4. The fourth-order valence-electron chi connectivity index (χ4n) is 3.25. The average Bonchev–Trinajstić information content (AvgIpc) is 3.11. The highest BCUT2D eigenvalue weighted by Gasteiger charge is 2.19. The standard InChI is InChI=1S/C22H23N5O4/c1-13-5-4-6-17(14(13)2)24-22(29)21-15(3)27(26-25-21)12-20(28)23-16-7-8-18-19(11-16)31-10-9-30-18/h4-8,11H,9-10,12H2,1-3H3,(H,23,28)(H,24,29). The lowest BCUT2D eigenvalue weighted by Crippen LogP contribution is -2.21. The number of carbonyl (C=O) groups excluding carboxylic acids is 2. The van der Waals surface area contributed by atoms with Crippen LogP contribution in [0.4, 0.5) is 11.4 Å². The largest absolute Gasteiger partial charge is 0.486 e. The van der Waals surface area contributed by atoms with Crippen molar-refractivity contribution in [2.45, 2.75) is 27.3 Å². The van der Waals surface area contributed by atoms with Gasteiger partial charge in [-0.25, -0.2) is 4.68 Å². The molecule has 0 saturated carbocycles. The van der Waals surface area contributed by atoms with Crippen LogP contribution in [-0.2, 0) is 11.3 Å². The molecule has 4 rings (SSSR count). The van der Waals surface area contributed by atoms with E-state index >= 15 is 0 Å². The van der Waals surface area contributed by atoms with Gasteiger partial charge in [-0.1, -0.05) is 17.3 Å². The predicted molar refractivity (Wildman–Crippen MR) is 115 cm³/mol. The topological polar surface area (TPSA) is 107 Å². The number of aromatic nitrogens is 3. The summed E-state index contributed by atoms with van der Waals surface area (Å²) in [6.07, 6.45) is 0. The molecule has 0 fully saturated rings.